The van der Waals surface area contributed by atoms with E-state index < -0.39 is 11.9 Å². The Morgan fingerprint density at radius 2 is 1.83 bits per heavy atom. The Morgan fingerprint density at radius 3 is 2.51 bits per heavy atom. The van der Waals surface area contributed by atoms with Gasteiger partial charge >= 0.3 is 6.18 Å². The van der Waals surface area contributed by atoms with E-state index in [4.69, 9.17) is 14.7 Å². The van der Waals surface area contributed by atoms with Gasteiger partial charge in [-0.05, 0) is 38.3 Å². The number of anilines is 1. The summed E-state index contributed by atoms with van der Waals surface area (Å²) in [5.74, 6) is 1.87. The van der Waals surface area contributed by atoms with Crippen LogP contribution in [0.1, 0.15) is 55.6 Å². The maximum Gasteiger partial charge on any atom is 0.434 e. The third-order valence-electron chi connectivity index (χ3n) is 6.84. The molecule has 1 saturated carbocycles. The number of benzene rings is 1. The van der Waals surface area contributed by atoms with Gasteiger partial charge in [0.1, 0.15) is 17.7 Å². The van der Waals surface area contributed by atoms with Gasteiger partial charge in [-0.25, -0.2) is 24.9 Å². The van der Waals surface area contributed by atoms with Crippen molar-refractivity contribution in [2.45, 2.75) is 51.4 Å². The molecule has 0 amide bonds. The molecule has 1 aromatic carbocycles. The van der Waals surface area contributed by atoms with Crippen molar-refractivity contribution in [3.8, 4) is 28.7 Å². The molecule has 1 N–H and O–H groups in total. The zero-order chi connectivity index (χ0) is 28.7. The predicted octanol–water partition coefficient (Wildman–Crippen LogP) is 5.84. The monoisotopic (exact) mass is 561 g/mol. The van der Waals surface area contributed by atoms with Crippen LogP contribution < -0.4 is 10.1 Å². The Balaban J connectivity index is 1.31. The SMILES string of the molecule is COc1ncnc(C2CC2)c1-c1nc(NCc2ccc(-c3nc(C(F)(F)F)cn3C(C)C)cc2)c2nnccc2n1. The summed E-state index contributed by atoms with van der Waals surface area (Å²) in [5.41, 5.74) is 3.15. The lowest BCUT2D eigenvalue weighted by Gasteiger charge is -2.14. The first-order chi connectivity index (χ1) is 19.7. The topological polar surface area (TPSA) is 116 Å². The first-order valence-electron chi connectivity index (χ1n) is 13.1. The van der Waals surface area contributed by atoms with Crippen molar-refractivity contribution < 1.29 is 17.9 Å². The molecule has 6 rings (SSSR count). The minimum atomic E-state index is -4.52. The summed E-state index contributed by atoms with van der Waals surface area (Å²) in [6.45, 7) is 4.00. The van der Waals surface area contributed by atoms with Gasteiger partial charge in [0.15, 0.2) is 22.9 Å². The minimum absolute atomic E-state index is 0.189. The summed E-state index contributed by atoms with van der Waals surface area (Å²) in [5, 5.41) is 11.6. The van der Waals surface area contributed by atoms with E-state index in [-0.39, 0.29) is 11.9 Å². The zero-order valence-corrected chi connectivity index (χ0v) is 22.5. The molecule has 0 unspecified atom stereocenters. The van der Waals surface area contributed by atoms with E-state index in [1.165, 1.54) is 10.9 Å². The largest absolute Gasteiger partial charge is 0.480 e. The second-order valence-corrected chi connectivity index (χ2v) is 10.1. The number of halogens is 3. The molecule has 1 aliphatic rings. The van der Waals surface area contributed by atoms with Crippen LogP contribution in [0, 0.1) is 0 Å². The molecule has 13 heteroatoms. The fourth-order valence-electron chi connectivity index (χ4n) is 4.63. The average Bonchev–Trinajstić information content (AvgIpc) is 3.71. The van der Waals surface area contributed by atoms with Crippen molar-refractivity contribution in [3.05, 3.63) is 66.0 Å². The van der Waals surface area contributed by atoms with Gasteiger partial charge in [0.25, 0.3) is 0 Å². The van der Waals surface area contributed by atoms with Crippen molar-refractivity contribution in [3.63, 3.8) is 0 Å². The van der Waals surface area contributed by atoms with Gasteiger partial charge in [-0.2, -0.15) is 18.3 Å². The highest BCUT2D eigenvalue weighted by Gasteiger charge is 2.35. The molecule has 41 heavy (non-hydrogen) atoms. The van der Waals surface area contributed by atoms with Crippen LogP contribution in [0.4, 0.5) is 19.0 Å². The molecule has 1 fully saturated rings. The van der Waals surface area contributed by atoms with Gasteiger partial charge in [-0.15, -0.1) is 5.10 Å². The van der Waals surface area contributed by atoms with Crippen molar-refractivity contribution in [1.29, 1.82) is 0 Å². The maximum atomic E-state index is 13.3. The zero-order valence-electron chi connectivity index (χ0n) is 22.5. The first-order valence-corrected chi connectivity index (χ1v) is 13.1. The van der Waals surface area contributed by atoms with Gasteiger partial charge in [-0.1, -0.05) is 24.3 Å². The number of fused-ring (bicyclic) bond motifs is 1. The fraction of sp³-hybridized carbons (Fsp3) is 0.321. The van der Waals surface area contributed by atoms with Crippen molar-refractivity contribution >= 4 is 16.9 Å². The molecule has 0 bridgehead atoms. The van der Waals surface area contributed by atoms with Crippen LogP contribution in [0.2, 0.25) is 0 Å². The summed E-state index contributed by atoms with van der Waals surface area (Å²) in [6.07, 6.45) is 1.65. The van der Waals surface area contributed by atoms with Crippen LogP contribution in [-0.4, -0.2) is 46.8 Å². The average molecular weight is 562 g/mol. The molecule has 5 aromatic rings. The Labute approximate surface area is 233 Å². The molecule has 0 saturated heterocycles. The highest BCUT2D eigenvalue weighted by Crippen LogP contribution is 2.45. The first kappa shape index (κ1) is 26.5. The van der Waals surface area contributed by atoms with E-state index >= 15 is 0 Å². The molecular weight excluding hydrogens is 535 g/mol. The van der Waals surface area contributed by atoms with Crippen LogP contribution >= 0.6 is 0 Å². The number of nitrogens with one attached hydrogen (secondary N) is 1. The minimum Gasteiger partial charge on any atom is -0.480 e. The fourth-order valence-corrected chi connectivity index (χ4v) is 4.63. The number of alkyl halides is 3. The van der Waals surface area contributed by atoms with Crippen molar-refractivity contribution in [2.75, 3.05) is 12.4 Å². The van der Waals surface area contributed by atoms with E-state index in [9.17, 15) is 13.2 Å². The summed E-state index contributed by atoms with van der Waals surface area (Å²) < 4.78 is 47.0. The van der Waals surface area contributed by atoms with E-state index in [0.717, 1.165) is 30.3 Å². The van der Waals surface area contributed by atoms with Crippen LogP contribution in [0.15, 0.2) is 49.1 Å². The third-order valence-corrected chi connectivity index (χ3v) is 6.84. The Hall–Kier alpha value is -4.68. The smallest absolute Gasteiger partial charge is 0.434 e. The molecule has 0 atom stereocenters. The van der Waals surface area contributed by atoms with Gasteiger partial charge in [0.2, 0.25) is 5.88 Å². The molecule has 10 nitrogen and oxygen atoms in total. The predicted molar refractivity (Wildman–Crippen MR) is 145 cm³/mol. The van der Waals surface area contributed by atoms with E-state index in [0.29, 0.717) is 52.1 Å². The molecule has 0 aliphatic heterocycles. The number of nitrogens with zero attached hydrogens (tertiary/aromatic N) is 8. The molecule has 4 aromatic heterocycles. The van der Waals surface area contributed by atoms with Crippen LogP contribution in [0.5, 0.6) is 5.88 Å². The number of ether oxygens (including phenoxy) is 1. The lowest BCUT2D eigenvalue weighted by molar-refractivity contribution is -0.140. The number of rotatable bonds is 8. The normalized spacial score (nSPS) is 13.6. The molecule has 210 valence electrons. The Morgan fingerprint density at radius 1 is 1.05 bits per heavy atom. The van der Waals surface area contributed by atoms with Crippen LogP contribution in [0.3, 0.4) is 0 Å². The molecule has 0 radical (unpaired) electrons. The Kier molecular flexibility index (Phi) is 6.72. The third kappa shape index (κ3) is 5.26. The number of hydrogen-bond acceptors (Lipinski definition) is 9. The maximum absolute atomic E-state index is 13.3. The lowest BCUT2D eigenvalue weighted by Crippen LogP contribution is -2.08. The number of hydrogen-bond donors (Lipinski definition) is 1. The molecule has 4 heterocycles. The standard InChI is InChI=1S/C28H26F3N9O/c1-15(2)40-13-20(28(29,30)31)37-26(40)18-6-4-16(5-7-18)12-32-25-23-19(10-11-35-39-23)36-24(38-25)21-22(17-8-9-17)33-14-34-27(21)41-3/h4-7,10-11,13-15,17H,8-9,12H2,1-3H3,(H,32,36,38). The quantitative estimate of drug-likeness (QED) is 0.249. The Bertz CT molecular complexity index is 1710. The second kappa shape index (κ2) is 10.4. The molecule has 0 spiro atoms. The van der Waals surface area contributed by atoms with Gasteiger partial charge in [0, 0.05) is 30.3 Å². The summed E-state index contributed by atoms with van der Waals surface area (Å²) in [7, 11) is 1.55. The second-order valence-electron chi connectivity index (χ2n) is 10.1. The molecular formula is C28H26F3N9O. The van der Waals surface area contributed by atoms with Crippen molar-refractivity contribution in [1.82, 2.24) is 39.7 Å². The van der Waals surface area contributed by atoms with Crippen molar-refractivity contribution in [2.24, 2.45) is 0 Å². The number of methoxy groups -OCH3 is 1. The van der Waals surface area contributed by atoms with Gasteiger partial charge in [0.05, 0.1) is 24.5 Å². The summed E-state index contributed by atoms with van der Waals surface area (Å²) >= 11 is 0. The van der Waals surface area contributed by atoms with Crippen LogP contribution in [-0.2, 0) is 12.7 Å². The van der Waals surface area contributed by atoms with Crippen LogP contribution in [0.25, 0.3) is 33.8 Å². The van der Waals surface area contributed by atoms with E-state index in [1.807, 2.05) is 26.0 Å². The van der Waals surface area contributed by atoms with E-state index in [1.54, 1.807) is 31.5 Å². The summed E-state index contributed by atoms with van der Waals surface area (Å²) in [6, 6.07) is 8.76. The van der Waals surface area contributed by atoms with Gasteiger partial charge < -0.3 is 14.6 Å². The van der Waals surface area contributed by atoms with E-state index in [2.05, 4.69) is 30.5 Å². The highest BCUT2D eigenvalue weighted by molar-refractivity contribution is 5.87. The number of imidazole rings is 1. The highest BCUT2D eigenvalue weighted by atomic mass is 19.4. The molecule has 1 aliphatic carbocycles. The summed E-state index contributed by atoms with van der Waals surface area (Å²) in [4.78, 5) is 22.2. The number of aromatic nitrogens is 8. The lowest BCUT2D eigenvalue weighted by atomic mass is 10.1. The van der Waals surface area contributed by atoms with Gasteiger partial charge in [-0.3, -0.25) is 0 Å².